The number of anilines is 1. The highest BCUT2D eigenvalue weighted by atomic mass is 35.5. The summed E-state index contributed by atoms with van der Waals surface area (Å²) in [4.78, 5) is 30.4. The molecule has 0 unspecified atom stereocenters. The Labute approximate surface area is 245 Å². The molecule has 4 N–H and O–H groups in total. The van der Waals surface area contributed by atoms with Gasteiger partial charge in [-0.3, -0.25) is 9.59 Å². The predicted molar refractivity (Wildman–Crippen MR) is 158 cm³/mol. The van der Waals surface area contributed by atoms with Gasteiger partial charge in [-0.2, -0.15) is 0 Å². The summed E-state index contributed by atoms with van der Waals surface area (Å²) in [5, 5.41) is 13.4. The van der Waals surface area contributed by atoms with Gasteiger partial charge in [0.1, 0.15) is 11.2 Å². The molecular weight excluding hydrogens is 552 g/mol. The number of nitrogens with zero attached hydrogens (tertiary/aromatic N) is 1. The number of carbonyl (C=O) groups excluding carboxylic acids is 2. The van der Waals surface area contributed by atoms with E-state index >= 15 is 4.39 Å². The van der Waals surface area contributed by atoms with Gasteiger partial charge in [-0.15, -0.1) is 0 Å². The molecule has 7 nitrogen and oxygen atoms in total. The lowest BCUT2D eigenvalue weighted by Gasteiger charge is -2.37. The molecule has 2 amide bonds. The van der Waals surface area contributed by atoms with Crippen LogP contribution in [0.3, 0.4) is 0 Å². The minimum Gasteiger partial charge on any atom is -0.355 e. The summed E-state index contributed by atoms with van der Waals surface area (Å²) >= 11 is 12.6. The Bertz CT molecular complexity index is 1280. The van der Waals surface area contributed by atoms with Gasteiger partial charge in [0.2, 0.25) is 11.8 Å². The van der Waals surface area contributed by atoms with E-state index in [1.807, 2.05) is 12.1 Å². The monoisotopic (exact) mass is 589 g/mol. The van der Waals surface area contributed by atoms with Gasteiger partial charge in [0, 0.05) is 55.4 Å². The number of nitrogens with one attached hydrogen (secondary N) is 4. The number of halogens is 3. The Morgan fingerprint density at radius 2 is 1.93 bits per heavy atom. The zero-order valence-electron chi connectivity index (χ0n) is 23.3. The van der Waals surface area contributed by atoms with Crippen LogP contribution in [0, 0.1) is 11.2 Å². The second-order valence-electron chi connectivity index (χ2n) is 12.4. The van der Waals surface area contributed by atoms with Crippen molar-refractivity contribution in [3.63, 3.8) is 0 Å². The molecular formula is C30H38Cl2FN5O2. The zero-order chi connectivity index (χ0) is 28.7. The van der Waals surface area contributed by atoms with E-state index < -0.39 is 29.2 Å². The number of fused-ring (bicyclic) bond motifs is 2. The zero-order valence-corrected chi connectivity index (χ0v) is 24.8. The van der Waals surface area contributed by atoms with Crippen LogP contribution in [0.15, 0.2) is 36.4 Å². The van der Waals surface area contributed by atoms with Crippen LogP contribution in [-0.2, 0) is 15.0 Å². The van der Waals surface area contributed by atoms with Gasteiger partial charge >= 0.3 is 0 Å². The number of rotatable bonds is 7. The van der Waals surface area contributed by atoms with Crippen LogP contribution in [0.4, 0.5) is 10.1 Å². The maximum absolute atomic E-state index is 15.0. The summed E-state index contributed by atoms with van der Waals surface area (Å²) in [5.74, 6) is -1.69. The third kappa shape index (κ3) is 5.61. The minimum absolute atomic E-state index is 0.0625. The molecule has 4 atom stereocenters. The van der Waals surface area contributed by atoms with Crippen molar-refractivity contribution in [1.29, 1.82) is 0 Å². The first-order chi connectivity index (χ1) is 19.0. The second-order valence-corrected chi connectivity index (χ2v) is 13.2. The molecule has 216 valence electrons. The van der Waals surface area contributed by atoms with Crippen molar-refractivity contribution in [3.05, 3.63) is 63.4 Å². The van der Waals surface area contributed by atoms with Crippen LogP contribution in [-0.4, -0.2) is 68.1 Å². The number of piperazine rings is 1. The molecule has 5 rings (SSSR count). The minimum atomic E-state index is -1.25. The number of benzene rings is 2. The largest absolute Gasteiger partial charge is 0.355 e. The fourth-order valence-corrected chi connectivity index (χ4v) is 7.06. The predicted octanol–water partition coefficient (Wildman–Crippen LogP) is 4.29. The normalized spacial score (nSPS) is 26.6. The summed E-state index contributed by atoms with van der Waals surface area (Å²) in [6.45, 7) is 11.7. The van der Waals surface area contributed by atoms with E-state index in [0.717, 1.165) is 44.7 Å². The molecule has 0 saturated carbocycles. The SMILES string of the molecule is CC(C)(C)C[C@H]1N[C@@H](C(=O)NCCCN2CCNCC2)[C@H](c2cccc(Cl)c2)[C@@]12C(=O)Nc1cc(Cl)c(F)cc12. The molecule has 3 aliphatic rings. The van der Waals surface area contributed by atoms with Gasteiger partial charge in [-0.25, -0.2) is 4.39 Å². The maximum atomic E-state index is 15.0. The molecule has 40 heavy (non-hydrogen) atoms. The average Bonchev–Trinajstić information content (AvgIpc) is 3.37. The van der Waals surface area contributed by atoms with Crippen LogP contribution in [0.1, 0.15) is 50.7 Å². The molecule has 0 bridgehead atoms. The fourth-order valence-electron chi connectivity index (χ4n) is 6.69. The highest BCUT2D eigenvalue weighted by molar-refractivity contribution is 6.31. The molecule has 3 heterocycles. The van der Waals surface area contributed by atoms with E-state index in [1.54, 1.807) is 12.1 Å². The summed E-state index contributed by atoms with van der Waals surface area (Å²) in [7, 11) is 0. The first-order valence-corrected chi connectivity index (χ1v) is 14.8. The molecule has 0 aromatic heterocycles. The lowest BCUT2D eigenvalue weighted by Crippen LogP contribution is -2.49. The van der Waals surface area contributed by atoms with Gasteiger partial charge in [-0.1, -0.05) is 56.1 Å². The molecule has 0 radical (unpaired) electrons. The lowest BCUT2D eigenvalue weighted by molar-refractivity contribution is -0.123. The second kappa shape index (κ2) is 11.6. The van der Waals surface area contributed by atoms with Crippen molar-refractivity contribution >= 4 is 40.7 Å². The van der Waals surface area contributed by atoms with Crippen molar-refractivity contribution in [2.45, 2.75) is 57.0 Å². The molecule has 3 aliphatic heterocycles. The average molecular weight is 591 g/mol. The topological polar surface area (TPSA) is 85.5 Å². The first-order valence-electron chi connectivity index (χ1n) is 14.0. The van der Waals surface area contributed by atoms with Crippen LogP contribution < -0.4 is 21.3 Å². The molecule has 2 aromatic carbocycles. The van der Waals surface area contributed by atoms with E-state index in [2.05, 4.69) is 46.9 Å². The molecule has 10 heteroatoms. The summed E-state index contributed by atoms with van der Waals surface area (Å²) in [6, 6.07) is 8.92. The Balaban J connectivity index is 1.53. The van der Waals surface area contributed by atoms with Crippen molar-refractivity contribution < 1.29 is 14.0 Å². The standard InChI is InChI=1S/C30H38Cl2FN5O2/c1-29(2,3)17-24-30(20-15-22(33)21(32)16-23(20)36-28(30)40)25(18-6-4-7-19(31)14-18)26(37-24)27(39)35-8-5-11-38-12-9-34-10-13-38/h4,6-7,14-16,24-26,34,37H,5,8-13,17H2,1-3H3,(H,35,39)(H,36,40)/t24-,25+,26-,30+/m1/s1. The first kappa shape index (κ1) is 29.3. The molecule has 2 aromatic rings. The number of carbonyl (C=O) groups is 2. The summed E-state index contributed by atoms with van der Waals surface area (Å²) in [6.07, 6.45) is 1.40. The smallest absolute Gasteiger partial charge is 0.237 e. The fraction of sp³-hybridized carbons (Fsp3) is 0.533. The number of hydrogen-bond acceptors (Lipinski definition) is 5. The third-order valence-corrected chi connectivity index (χ3v) is 8.88. The molecule has 2 saturated heterocycles. The summed E-state index contributed by atoms with van der Waals surface area (Å²) < 4.78 is 15.0. The molecule has 0 aliphatic carbocycles. The highest BCUT2D eigenvalue weighted by Gasteiger charge is 2.65. The summed E-state index contributed by atoms with van der Waals surface area (Å²) in [5.41, 5.74) is 0.297. The molecule has 2 fully saturated rings. The van der Waals surface area contributed by atoms with Crippen molar-refractivity contribution in [3.8, 4) is 0 Å². The van der Waals surface area contributed by atoms with E-state index in [4.69, 9.17) is 23.2 Å². The maximum Gasteiger partial charge on any atom is 0.237 e. The Morgan fingerprint density at radius 3 is 2.62 bits per heavy atom. The van der Waals surface area contributed by atoms with Crippen LogP contribution in [0.25, 0.3) is 0 Å². The van der Waals surface area contributed by atoms with Gasteiger partial charge in [0.15, 0.2) is 0 Å². The van der Waals surface area contributed by atoms with E-state index in [-0.39, 0.29) is 22.3 Å². The van der Waals surface area contributed by atoms with Gasteiger partial charge in [-0.05, 0) is 60.2 Å². The van der Waals surface area contributed by atoms with Crippen LogP contribution in [0.2, 0.25) is 10.0 Å². The van der Waals surface area contributed by atoms with Crippen molar-refractivity contribution in [2.75, 3.05) is 44.6 Å². The van der Waals surface area contributed by atoms with Crippen LogP contribution >= 0.6 is 23.2 Å². The van der Waals surface area contributed by atoms with Gasteiger partial charge in [0.05, 0.1) is 11.1 Å². The third-order valence-electron chi connectivity index (χ3n) is 8.35. The number of amides is 2. The highest BCUT2D eigenvalue weighted by Crippen LogP contribution is 2.57. The van der Waals surface area contributed by atoms with Crippen molar-refractivity contribution in [1.82, 2.24) is 20.9 Å². The Hall–Kier alpha value is -2.23. The quantitative estimate of drug-likeness (QED) is 0.362. The van der Waals surface area contributed by atoms with E-state index in [0.29, 0.717) is 29.2 Å². The van der Waals surface area contributed by atoms with Crippen molar-refractivity contribution in [2.24, 2.45) is 5.41 Å². The van der Waals surface area contributed by atoms with Gasteiger partial charge in [0.25, 0.3) is 0 Å². The van der Waals surface area contributed by atoms with Gasteiger partial charge < -0.3 is 26.2 Å². The van der Waals surface area contributed by atoms with E-state index in [9.17, 15) is 9.59 Å². The lowest BCUT2D eigenvalue weighted by atomic mass is 9.62. The number of hydrogen-bond donors (Lipinski definition) is 4. The molecule has 1 spiro atoms. The Kier molecular flexibility index (Phi) is 8.47. The van der Waals surface area contributed by atoms with Crippen LogP contribution in [0.5, 0.6) is 0 Å². The van der Waals surface area contributed by atoms with E-state index in [1.165, 1.54) is 12.1 Å². The Morgan fingerprint density at radius 1 is 1.18 bits per heavy atom.